The van der Waals surface area contributed by atoms with Crippen molar-refractivity contribution < 1.29 is 12.5 Å². The lowest BCUT2D eigenvalue weighted by Gasteiger charge is -2.00. The Morgan fingerprint density at radius 1 is 1.45 bits per heavy atom. The van der Waals surface area contributed by atoms with Crippen molar-refractivity contribution in [1.29, 1.82) is 0 Å². The van der Waals surface area contributed by atoms with Crippen molar-refractivity contribution in [3.63, 3.8) is 0 Å². The molecule has 0 aliphatic carbocycles. The molecular formula is C7H9NO2S. The highest BCUT2D eigenvalue weighted by atomic mass is 32.2. The van der Waals surface area contributed by atoms with Gasteiger partial charge < -0.3 is 0 Å². The fourth-order valence-electron chi connectivity index (χ4n) is 0.715. The van der Waals surface area contributed by atoms with Crippen LogP contribution in [0.15, 0.2) is 29.2 Å². The van der Waals surface area contributed by atoms with Crippen LogP contribution in [0.4, 0.5) is 0 Å². The van der Waals surface area contributed by atoms with Crippen molar-refractivity contribution in [2.24, 2.45) is 5.14 Å². The number of primary sulfonamides is 1. The lowest BCUT2D eigenvalue weighted by Crippen LogP contribution is -2.13. The second kappa shape index (κ2) is 2.64. The number of nitrogens with two attached hydrogens (primary N) is 1. The molecule has 1 aromatic carbocycles. The van der Waals surface area contributed by atoms with E-state index in [0.29, 0.717) is 0 Å². The van der Waals surface area contributed by atoms with Gasteiger partial charge in [-0.1, -0.05) is 18.2 Å². The molecule has 2 N–H and O–H groups in total. The summed E-state index contributed by atoms with van der Waals surface area (Å²) in [6.45, 7) is -2.47. The molecule has 0 bridgehead atoms. The van der Waals surface area contributed by atoms with Gasteiger partial charge in [-0.3, -0.25) is 0 Å². The number of hydrogen-bond donors (Lipinski definition) is 1. The lowest BCUT2D eigenvalue weighted by molar-refractivity contribution is 0.597. The maximum atomic E-state index is 11.0. The van der Waals surface area contributed by atoms with Crippen LogP contribution in [0, 0.1) is 6.85 Å². The van der Waals surface area contributed by atoms with E-state index in [9.17, 15) is 8.42 Å². The molecule has 0 atom stereocenters. The molecule has 0 aliphatic rings. The summed E-state index contributed by atoms with van der Waals surface area (Å²) in [5, 5.41) is 4.88. The van der Waals surface area contributed by atoms with Crippen LogP contribution < -0.4 is 5.14 Å². The molecule has 0 amide bonds. The number of benzene rings is 1. The molecule has 0 saturated heterocycles. The summed E-state index contributed by atoms with van der Waals surface area (Å²) in [7, 11) is -3.98. The molecule has 0 aliphatic heterocycles. The van der Waals surface area contributed by atoms with Crippen molar-refractivity contribution in [3.05, 3.63) is 29.8 Å². The molecule has 0 spiro atoms. The lowest BCUT2D eigenvalue weighted by atomic mass is 10.2. The van der Waals surface area contributed by atoms with E-state index in [1.807, 2.05) is 0 Å². The predicted molar refractivity (Wildman–Crippen MR) is 42.6 cm³/mol. The van der Waals surface area contributed by atoms with E-state index in [2.05, 4.69) is 0 Å². The third kappa shape index (κ3) is 1.78. The molecule has 0 fully saturated rings. The Hall–Kier alpha value is -0.870. The van der Waals surface area contributed by atoms with E-state index in [4.69, 9.17) is 9.25 Å². The van der Waals surface area contributed by atoms with Gasteiger partial charge in [0.15, 0.2) is 0 Å². The predicted octanol–water partition coefficient (Wildman–Crippen LogP) is 0.642. The Morgan fingerprint density at radius 3 is 2.55 bits per heavy atom. The second-order valence-corrected chi connectivity index (χ2v) is 3.57. The van der Waals surface area contributed by atoms with E-state index in [1.165, 1.54) is 24.3 Å². The summed E-state index contributed by atoms with van der Waals surface area (Å²) in [6.07, 6.45) is 0. The molecule has 60 valence electrons. The molecule has 0 saturated carbocycles. The maximum Gasteiger partial charge on any atom is 0.238 e. The molecular weight excluding hydrogens is 162 g/mol. The Balaban J connectivity index is 3.47. The number of sulfonamides is 1. The first-order valence-electron chi connectivity index (χ1n) is 4.35. The van der Waals surface area contributed by atoms with Gasteiger partial charge in [0.05, 0.1) is 4.90 Å². The summed E-state index contributed by atoms with van der Waals surface area (Å²) in [4.78, 5) is -0.347. The Labute approximate surface area is 70.1 Å². The highest BCUT2D eigenvalue weighted by Gasteiger charge is 2.08. The minimum Gasteiger partial charge on any atom is -0.225 e. The second-order valence-electron chi connectivity index (χ2n) is 2.04. The Morgan fingerprint density at radius 2 is 2.09 bits per heavy atom. The highest BCUT2D eigenvalue weighted by Crippen LogP contribution is 2.10. The summed E-state index contributed by atoms with van der Waals surface area (Å²) in [6, 6.07) is 5.29. The van der Waals surface area contributed by atoms with Crippen LogP contribution in [0.25, 0.3) is 0 Å². The van der Waals surface area contributed by atoms with Crippen molar-refractivity contribution in [3.8, 4) is 0 Å². The molecule has 1 rings (SSSR count). The summed E-state index contributed by atoms with van der Waals surface area (Å²) in [5.41, 5.74) is -0.248. The first-order valence-corrected chi connectivity index (χ1v) is 4.40. The smallest absolute Gasteiger partial charge is 0.225 e. The van der Waals surface area contributed by atoms with Gasteiger partial charge in [-0.15, -0.1) is 0 Å². The van der Waals surface area contributed by atoms with Crippen LogP contribution in [0.5, 0.6) is 0 Å². The average molecular weight is 174 g/mol. The first kappa shape index (κ1) is 4.90. The van der Waals surface area contributed by atoms with Gasteiger partial charge in [0, 0.05) is 4.11 Å². The number of rotatable bonds is 1. The fourth-order valence-corrected chi connectivity index (χ4v) is 1.36. The number of aryl methyl sites for hydroxylation is 1. The van der Waals surface area contributed by atoms with Gasteiger partial charge in [-0.05, 0) is 18.5 Å². The van der Waals surface area contributed by atoms with E-state index in [-0.39, 0.29) is 10.5 Å². The monoisotopic (exact) mass is 174 g/mol. The van der Waals surface area contributed by atoms with Crippen LogP contribution in [0.3, 0.4) is 0 Å². The Bertz CT molecular complexity index is 438. The summed E-state index contributed by atoms with van der Waals surface area (Å²) < 4.78 is 43.4. The van der Waals surface area contributed by atoms with Gasteiger partial charge in [0.2, 0.25) is 10.0 Å². The maximum absolute atomic E-state index is 11.0. The molecule has 0 aromatic heterocycles. The van der Waals surface area contributed by atoms with Crippen LogP contribution >= 0.6 is 0 Å². The first-order chi connectivity index (χ1) is 6.23. The van der Waals surface area contributed by atoms with Crippen LogP contribution in [0.2, 0.25) is 0 Å². The van der Waals surface area contributed by atoms with Crippen molar-refractivity contribution in [2.45, 2.75) is 11.7 Å². The van der Waals surface area contributed by atoms with Gasteiger partial charge >= 0.3 is 0 Å². The van der Waals surface area contributed by atoms with Crippen molar-refractivity contribution >= 4 is 10.0 Å². The van der Waals surface area contributed by atoms with Crippen molar-refractivity contribution in [1.82, 2.24) is 0 Å². The average Bonchev–Trinajstić information content (AvgIpc) is 2.01. The molecule has 4 heteroatoms. The normalized spacial score (nSPS) is 16.6. The SMILES string of the molecule is [2H]C([2H])([2H])c1ccccc1S(N)(=O)=O. The van der Waals surface area contributed by atoms with Crippen LogP contribution in [-0.4, -0.2) is 8.42 Å². The van der Waals surface area contributed by atoms with Crippen LogP contribution in [-0.2, 0) is 10.0 Å². The zero-order valence-corrected chi connectivity index (χ0v) is 6.43. The molecule has 0 radical (unpaired) electrons. The van der Waals surface area contributed by atoms with Gasteiger partial charge in [-0.25, -0.2) is 13.6 Å². The Kier molecular flexibility index (Phi) is 1.17. The minimum atomic E-state index is -3.98. The number of hydrogen-bond acceptors (Lipinski definition) is 2. The molecule has 11 heavy (non-hydrogen) atoms. The zero-order valence-electron chi connectivity index (χ0n) is 8.61. The van der Waals surface area contributed by atoms with Crippen LogP contribution in [0.1, 0.15) is 9.68 Å². The van der Waals surface area contributed by atoms with E-state index >= 15 is 0 Å². The highest BCUT2D eigenvalue weighted by molar-refractivity contribution is 7.89. The third-order valence-corrected chi connectivity index (χ3v) is 2.16. The quantitative estimate of drug-likeness (QED) is 0.679. The summed E-state index contributed by atoms with van der Waals surface area (Å²) >= 11 is 0. The van der Waals surface area contributed by atoms with Gasteiger partial charge in [-0.2, -0.15) is 0 Å². The van der Waals surface area contributed by atoms with Crippen molar-refractivity contribution in [2.75, 3.05) is 0 Å². The molecule has 3 nitrogen and oxygen atoms in total. The van der Waals surface area contributed by atoms with E-state index in [0.717, 1.165) is 0 Å². The third-order valence-electron chi connectivity index (χ3n) is 1.19. The van der Waals surface area contributed by atoms with Gasteiger partial charge in [0.25, 0.3) is 0 Å². The van der Waals surface area contributed by atoms with E-state index < -0.39 is 16.9 Å². The topological polar surface area (TPSA) is 60.2 Å². The summed E-state index contributed by atoms with van der Waals surface area (Å²) in [5.74, 6) is 0. The molecule has 1 aromatic rings. The standard InChI is InChI=1S/C7H9NO2S/c1-6-4-2-3-5-7(6)11(8,9)10/h2-5H,1H3,(H2,8,9,10)/i1D3. The molecule has 0 unspecified atom stereocenters. The molecule has 0 heterocycles. The largest absolute Gasteiger partial charge is 0.238 e. The fraction of sp³-hybridized carbons (Fsp3) is 0.143. The van der Waals surface area contributed by atoms with E-state index in [1.54, 1.807) is 0 Å². The van der Waals surface area contributed by atoms with Gasteiger partial charge in [0.1, 0.15) is 0 Å². The minimum absolute atomic E-state index is 0.248. The zero-order chi connectivity index (χ0) is 11.0.